The van der Waals surface area contributed by atoms with Crippen molar-refractivity contribution in [2.75, 3.05) is 13.2 Å². The second kappa shape index (κ2) is 11.4. The number of halogens is 5. The number of carbonyl (C=O) groups is 2. The van der Waals surface area contributed by atoms with Gasteiger partial charge in [-0.2, -0.15) is 0 Å². The van der Waals surface area contributed by atoms with E-state index >= 15 is 0 Å². The maximum absolute atomic E-state index is 13.4. The minimum Gasteiger partial charge on any atom is -0.484 e. The number of amides is 2. The predicted octanol–water partition coefficient (Wildman–Crippen LogP) is 4.86. The lowest BCUT2D eigenvalue weighted by Gasteiger charge is -2.29. The van der Waals surface area contributed by atoms with Crippen LogP contribution in [0.15, 0.2) is 42.5 Å². The van der Waals surface area contributed by atoms with Gasteiger partial charge >= 0.3 is 6.36 Å². The third-order valence-corrected chi connectivity index (χ3v) is 5.68. The van der Waals surface area contributed by atoms with Gasteiger partial charge in [-0.05, 0) is 68.0 Å². The largest absolute Gasteiger partial charge is 0.573 e. The van der Waals surface area contributed by atoms with Gasteiger partial charge < -0.3 is 20.1 Å². The van der Waals surface area contributed by atoms with Gasteiger partial charge in [0.15, 0.2) is 6.61 Å². The van der Waals surface area contributed by atoms with Crippen molar-refractivity contribution in [3.63, 3.8) is 0 Å². The van der Waals surface area contributed by atoms with Crippen molar-refractivity contribution in [1.82, 2.24) is 10.6 Å². The number of hydrogen-bond donors (Lipinski definition) is 2. The van der Waals surface area contributed by atoms with Crippen LogP contribution in [0, 0.1) is 11.7 Å². The summed E-state index contributed by atoms with van der Waals surface area (Å²) >= 11 is 5.61. The van der Waals surface area contributed by atoms with Crippen LogP contribution in [-0.2, 0) is 4.79 Å². The SMILES string of the molecule is O=C(COc1ccc(Cl)c(F)c1)N[C@H]1CC[C@H](CNC(=O)c2ccc(OC(F)(F)F)cc2)CC1. The molecule has 0 aliphatic heterocycles. The van der Waals surface area contributed by atoms with E-state index < -0.39 is 17.9 Å². The molecular weight excluding hydrogens is 480 g/mol. The molecule has 2 N–H and O–H groups in total. The fourth-order valence-electron chi connectivity index (χ4n) is 3.64. The third kappa shape index (κ3) is 8.09. The molecule has 0 bridgehead atoms. The number of ether oxygens (including phenoxy) is 2. The summed E-state index contributed by atoms with van der Waals surface area (Å²) in [6, 6.07) is 8.62. The zero-order chi connectivity index (χ0) is 24.7. The highest BCUT2D eigenvalue weighted by atomic mass is 35.5. The van der Waals surface area contributed by atoms with Crippen LogP contribution < -0.4 is 20.1 Å². The van der Waals surface area contributed by atoms with Crippen molar-refractivity contribution in [1.29, 1.82) is 0 Å². The van der Waals surface area contributed by atoms with Crippen molar-refractivity contribution >= 4 is 23.4 Å². The Bertz CT molecular complexity index is 993. The van der Waals surface area contributed by atoms with Crippen molar-refractivity contribution in [3.8, 4) is 11.5 Å². The predicted molar refractivity (Wildman–Crippen MR) is 116 cm³/mol. The molecule has 1 aliphatic carbocycles. The minimum absolute atomic E-state index is 0.0221. The van der Waals surface area contributed by atoms with Crippen LogP contribution in [0.2, 0.25) is 5.02 Å². The third-order valence-electron chi connectivity index (χ3n) is 5.37. The first kappa shape index (κ1) is 25.6. The molecule has 2 amide bonds. The first-order chi connectivity index (χ1) is 16.1. The molecule has 0 atom stereocenters. The number of carbonyl (C=O) groups excluding carboxylic acids is 2. The molecule has 1 fully saturated rings. The molecule has 0 saturated heterocycles. The fourth-order valence-corrected chi connectivity index (χ4v) is 3.76. The maximum atomic E-state index is 13.4. The summed E-state index contributed by atoms with van der Waals surface area (Å²) in [5.74, 6) is -1.29. The van der Waals surface area contributed by atoms with Crippen LogP contribution in [0.25, 0.3) is 0 Å². The van der Waals surface area contributed by atoms with E-state index in [0.717, 1.165) is 43.9 Å². The molecule has 1 saturated carbocycles. The number of benzene rings is 2. The Labute approximate surface area is 198 Å². The van der Waals surface area contributed by atoms with Gasteiger partial charge in [0.1, 0.15) is 17.3 Å². The quantitative estimate of drug-likeness (QED) is 0.505. The Balaban J connectivity index is 1.35. The van der Waals surface area contributed by atoms with E-state index in [-0.39, 0.29) is 46.7 Å². The van der Waals surface area contributed by atoms with Crippen LogP contribution in [0.4, 0.5) is 17.6 Å². The zero-order valence-corrected chi connectivity index (χ0v) is 18.7. The standard InChI is InChI=1S/C23H23ClF4N2O4/c24-19-10-9-18(11-20(19)25)33-13-21(31)30-16-5-1-14(2-6-16)12-29-22(32)15-3-7-17(8-4-15)34-23(26,27)28/h3-4,7-11,14,16H,1-2,5-6,12-13H2,(H,29,32)(H,30,31)/t14-,16-. The summed E-state index contributed by atoms with van der Waals surface area (Å²) in [4.78, 5) is 24.4. The fraction of sp³-hybridized carbons (Fsp3) is 0.391. The van der Waals surface area contributed by atoms with Crippen LogP contribution in [0.3, 0.4) is 0 Å². The van der Waals surface area contributed by atoms with Gasteiger partial charge in [0.25, 0.3) is 11.8 Å². The zero-order valence-electron chi connectivity index (χ0n) is 18.0. The highest BCUT2D eigenvalue weighted by Crippen LogP contribution is 2.25. The summed E-state index contributed by atoms with van der Waals surface area (Å²) in [5, 5.41) is 5.64. The van der Waals surface area contributed by atoms with Gasteiger partial charge in [-0.1, -0.05) is 11.6 Å². The van der Waals surface area contributed by atoms with E-state index in [2.05, 4.69) is 15.4 Å². The van der Waals surface area contributed by atoms with Gasteiger partial charge in [-0.15, -0.1) is 13.2 Å². The monoisotopic (exact) mass is 502 g/mol. The number of hydrogen-bond acceptors (Lipinski definition) is 4. The molecule has 0 radical (unpaired) electrons. The Hall–Kier alpha value is -3.01. The normalized spacial score (nSPS) is 18.1. The minimum atomic E-state index is -4.79. The van der Waals surface area contributed by atoms with E-state index in [4.69, 9.17) is 16.3 Å². The Morgan fingerprint density at radius 2 is 1.65 bits per heavy atom. The summed E-state index contributed by atoms with van der Waals surface area (Å²) in [6.07, 6.45) is -1.76. The van der Waals surface area contributed by atoms with Crippen LogP contribution >= 0.6 is 11.6 Å². The van der Waals surface area contributed by atoms with E-state index in [9.17, 15) is 27.2 Å². The van der Waals surface area contributed by atoms with Gasteiger partial charge in [-0.3, -0.25) is 9.59 Å². The first-order valence-electron chi connectivity index (χ1n) is 10.6. The lowest BCUT2D eigenvalue weighted by Crippen LogP contribution is -2.41. The molecule has 0 aromatic heterocycles. The molecule has 0 heterocycles. The number of rotatable bonds is 8. The second-order valence-electron chi connectivity index (χ2n) is 7.93. The molecule has 0 unspecified atom stereocenters. The van der Waals surface area contributed by atoms with Gasteiger partial charge in [-0.25, -0.2) is 4.39 Å². The summed E-state index contributed by atoms with van der Waals surface area (Å²) < 4.78 is 59.1. The highest BCUT2D eigenvalue weighted by molar-refractivity contribution is 6.30. The highest BCUT2D eigenvalue weighted by Gasteiger charge is 2.31. The van der Waals surface area contributed by atoms with Gasteiger partial charge in [0, 0.05) is 24.2 Å². The second-order valence-corrected chi connectivity index (χ2v) is 8.34. The molecular formula is C23H23ClF4N2O4. The molecule has 2 aromatic rings. The van der Waals surface area contributed by atoms with Crippen molar-refractivity contribution < 1.29 is 36.6 Å². The van der Waals surface area contributed by atoms with Crippen LogP contribution in [0.1, 0.15) is 36.0 Å². The summed E-state index contributed by atoms with van der Waals surface area (Å²) in [5.41, 5.74) is 0.232. The number of nitrogens with one attached hydrogen (secondary N) is 2. The van der Waals surface area contributed by atoms with Crippen LogP contribution in [-0.4, -0.2) is 37.4 Å². The first-order valence-corrected chi connectivity index (χ1v) is 11.0. The lowest BCUT2D eigenvalue weighted by molar-refractivity contribution is -0.274. The van der Waals surface area contributed by atoms with E-state index in [0.29, 0.717) is 6.54 Å². The smallest absolute Gasteiger partial charge is 0.484 e. The molecule has 1 aliphatic rings. The van der Waals surface area contributed by atoms with Crippen molar-refractivity contribution in [3.05, 3.63) is 58.9 Å². The number of alkyl halides is 3. The molecule has 0 spiro atoms. The molecule has 11 heteroatoms. The Kier molecular flexibility index (Phi) is 8.60. The van der Waals surface area contributed by atoms with E-state index in [1.807, 2.05) is 0 Å². The summed E-state index contributed by atoms with van der Waals surface area (Å²) in [6.45, 7) is 0.176. The van der Waals surface area contributed by atoms with E-state index in [1.165, 1.54) is 24.3 Å². The molecule has 3 rings (SSSR count). The average Bonchev–Trinajstić information content (AvgIpc) is 2.78. The van der Waals surface area contributed by atoms with E-state index in [1.54, 1.807) is 0 Å². The summed E-state index contributed by atoms with van der Waals surface area (Å²) in [7, 11) is 0. The van der Waals surface area contributed by atoms with Crippen molar-refractivity contribution in [2.24, 2.45) is 5.92 Å². The molecule has 2 aromatic carbocycles. The molecule has 34 heavy (non-hydrogen) atoms. The maximum Gasteiger partial charge on any atom is 0.573 e. The average molecular weight is 503 g/mol. The molecule has 6 nitrogen and oxygen atoms in total. The Morgan fingerprint density at radius 3 is 2.26 bits per heavy atom. The van der Waals surface area contributed by atoms with Crippen LogP contribution in [0.5, 0.6) is 11.5 Å². The molecule has 184 valence electrons. The lowest BCUT2D eigenvalue weighted by atomic mass is 9.86. The van der Waals surface area contributed by atoms with Gasteiger partial charge in [0.2, 0.25) is 0 Å². The van der Waals surface area contributed by atoms with Crippen molar-refractivity contribution in [2.45, 2.75) is 38.1 Å². The topological polar surface area (TPSA) is 76.7 Å². The Morgan fingerprint density at radius 1 is 1.00 bits per heavy atom. The van der Waals surface area contributed by atoms with Gasteiger partial charge in [0.05, 0.1) is 5.02 Å².